The van der Waals surface area contributed by atoms with Crippen LogP contribution < -0.4 is 0 Å². The van der Waals surface area contributed by atoms with Crippen molar-refractivity contribution in [3.8, 4) is 0 Å². The minimum Gasteiger partial charge on any atom is -0.394 e. The summed E-state index contributed by atoms with van der Waals surface area (Å²) in [7, 11) is 0. The van der Waals surface area contributed by atoms with Crippen LogP contribution in [0.5, 0.6) is 0 Å². The molecule has 0 spiro atoms. The summed E-state index contributed by atoms with van der Waals surface area (Å²) in [4.78, 5) is 0. The lowest BCUT2D eigenvalue weighted by Gasteiger charge is -2.11. The van der Waals surface area contributed by atoms with E-state index >= 15 is 0 Å². The Bertz CT molecular complexity index is 227. The van der Waals surface area contributed by atoms with E-state index in [0.29, 0.717) is 11.5 Å². The van der Waals surface area contributed by atoms with Crippen LogP contribution in [0.3, 0.4) is 0 Å². The second-order valence-corrected chi connectivity index (χ2v) is 7.78. The van der Waals surface area contributed by atoms with Crippen molar-refractivity contribution in [3.63, 3.8) is 0 Å². The Kier molecular flexibility index (Phi) is 18.8. The van der Waals surface area contributed by atoms with E-state index in [1.54, 1.807) is 0 Å². The van der Waals surface area contributed by atoms with Gasteiger partial charge in [0.05, 0.1) is 18.8 Å². The Labute approximate surface area is 148 Å². The van der Waals surface area contributed by atoms with E-state index in [0.717, 1.165) is 12.8 Å². The van der Waals surface area contributed by atoms with E-state index < -0.39 is 6.10 Å². The van der Waals surface area contributed by atoms with Crippen molar-refractivity contribution < 1.29 is 15.3 Å². The summed E-state index contributed by atoms with van der Waals surface area (Å²) in [6.45, 7) is 2.07. The van der Waals surface area contributed by atoms with Crippen LogP contribution in [0, 0.1) is 0 Å². The number of hydrogen-bond donors (Lipinski definition) is 3. The lowest BCUT2D eigenvalue weighted by Crippen LogP contribution is -2.17. The molecule has 0 aliphatic heterocycles. The van der Waals surface area contributed by atoms with Crippen LogP contribution in [0.1, 0.15) is 90.4 Å². The fourth-order valence-corrected chi connectivity index (χ4v) is 3.65. The molecular weight excluding hydrogens is 308 g/mol. The summed E-state index contributed by atoms with van der Waals surface area (Å²) in [5.74, 6) is 1.17. The van der Waals surface area contributed by atoms with E-state index in [1.807, 2.05) is 0 Å². The first-order valence-electron chi connectivity index (χ1n) is 9.75. The molecule has 0 saturated heterocycles. The molecule has 2 atom stereocenters. The van der Waals surface area contributed by atoms with Crippen LogP contribution in [-0.4, -0.2) is 45.6 Å². The van der Waals surface area contributed by atoms with Crippen LogP contribution in [-0.2, 0) is 0 Å². The predicted octanol–water partition coefficient (Wildman–Crippen LogP) is 4.52. The molecule has 23 heavy (non-hydrogen) atoms. The van der Waals surface area contributed by atoms with Crippen molar-refractivity contribution in [1.82, 2.24) is 0 Å². The Morgan fingerprint density at radius 1 is 0.652 bits per heavy atom. The SMILES string of the molecule is CCCCCCCCCCCCCC[C@H](O)CSC[C@@H](O)CO. The summed E-state index contributed by atoms with van der Waals surface area (Å²) in [6, 6.07) is 0. The molecule has 0 aromatic heterocycles. The van der Waals surface area contributed by atoms with Gasteiger partial charge in [-0.15, -0.1) is 0 Å². The summed E-state index contributed by atoms with van der Waals surface area (Å²) in [5, 5.41) is 27.7. The van der Waals surface area contributed by atoms with Crippen LogP contribution in [0.25, 0.3) is 0 Å². The van der Waals surface area contributed by atoms with Gasteiger partial charge in [-0.2, -0.15) is 11.8 Å². The molecular formula is C19H40O3S. The summed E-state index contributed by atoms with van der Waals surface area (Å²) < 4.78 is 0. The average Bonchev–Trinajstić information content (AvgIpc) is 2.55. The van der Waals surface area contributed by atoms with E-state index in [-0.39, 0.29) is 12.7 Å². The normalized spacial score (nSPS) is 14.1. The van der Waals surface area contributed by atoms with Crippen molar-refractivity contribution in [2.45, 2.75) is 103 Å². The first-order chi connectivity index (χ1) is 11.2. The smallest absolute Gasteiger partial charge is 0.0861 e. The van der Waals surface area contributed by atoms with Gasteiger partial charge in [-0.1, -0.05) is 84.0 Å². The number of unbranched alkanes of at least 4 members (excludes halogenated alkanes) is 11. The molecule has 0 amide bonds. The molecule has 0 saturated carbocycles. The number of aliphatic hydroxyl groups is 3. The monoisotopic (exact) mass is 348 g/mol. The van der Waals surface area contributed by atoms with Crippen molar-refractivity contribution in [2.75, 3.05) is 18.1 Å². The Morgan fingerprint density at radius 2 is 1.09 bits per heavy atom. The average molecular weight is 349 g/mol. The third-order valence-electron chi connectivity index (χ3n) is 4.22. The fraction of sp³-hybridized carbons (Fsp3) is 1.00. The highest BCUT2D eigenvalue weighted by molar-refractivity contribution is 7.99. The van der Waals surface area contributed by atoms with Crippen molar-refractivity contribution >= 4 is 11.8 Å². The highest BCUT2D eigenvalue weighted by Gasteiger charge is 2.07. The molecule has 3 N–H and O–H groups in total. The standard InChI is InChI=1S/C19H40O3S/c1-2-3-4-5-6-7-8-9-10-11-12-13-14-18(21)16-23-17-19(22)15-20/h18-22H,2-17H2,1H3/t18-,19-/m0/s1. The van der Waals surface area contributed by atoms with Crippen LogP contribution in [0.15, 0.2) is 0 Å². The van der Waals surface area contributed by atoms with Crippen molar-refractivity contribution in [3.05, 3.63) is 0 Å². The highest BCUT2D eigenvalue weighted by atomic mass is 32.2. The topological polar surface area (TPSA) is 60.7 Å². The number of hydrogen-bond acceptors (Lipinski definition) is 4. The Morgan fingerprint density at radius 3 is 1.57 bits per heavy atom. The molecule has 0 radical (unpaired) electrons. The van der Waals surface area contributed by atoms with Crippen LogP contribution in [0.4, 0.5) is 0 Å². The second-order valence-electron chi connectivity index (χ2n) is 6.71. The molecule has 4 heteroatoms. The van der Waals surface area contributed by atoms with E-state index in [2.05, 4.69) is 6.92 Å². The predicted molar refractivity (Wildman–Crippen MR) is 102 cm³/mol. The van der Waals surface area contributed by atoms with Gasteiger partial charge in [-0.05, 0) is 6.42 Å². The molecule has 0 bridgehead atoms. The first kappa shape index (κ1) is 23.2. The summed E-state index contributed by atoms with van der Waals surface area (Å²) in [5.41, 5.74) is 0. The lowest BCUT2D eigenvalue weighted by atomic mass is 10.0. The molecule has 0 aromatic carbocycles. The van der Waals surface area contributed by atoms with Gasteiger partial charge in [0.2, 0.25) is 0 Å². The van der Waals surface area contributed by atoms with Crippen molar-refractivity contribution in [2.24, 2.45) is 0 Å². The zero-order valence-corrected chi connectivity index (χ0v) is 16.0. The van der Waals surface area contributed by atoms with Gasteiger partial charge in [0.1, 0.15) is 0 Å². The third-order valence-corrected chi connectivity index (χ3v) is 5.46. The largest absolute Gasteiger partial charge is 0.394 e. The van der Waals surface area contributed by atoms with Gasteiger partial charge in [-0.25, -0.2) is 0 Å². The van der Waals surface area contributed by atoms with E-state index in [9.17, 15) is 10.2 Å². The minimum atomic E-state index is -0.654. The zero-order valence-electron chi connectivity index (χ0n) is 15.2. The molecule has 0 aromatic rings. The molecule has 0 heterocycles. The molecule has 140 valence electrons. The van der Waals surface area contributed by atoms with Gasteiger partial charge in [0, 0.05) is 11.5 Å². The molecule has 0 aliphatic carbocycles. The number of thioether (sulfide) groups is 1. The quantitative estimate of drug-likeness (QED) is 0.319. The van der Waals surface area contributed by atoms with Crippen LogP contribution in [0.2, 0.25) is 0 Å². The maximum absolute atomic E-state index is 9.83. The maximum Gasteiger partial charge on any atom is 0.0861 e. The van der Waals surface area contributed by atoms with Crippen molar-refractivity contribution in [1.29, 1.82) is 0 Å². The fourth-order valence-electron chi connectivity index (χ4n) is 2.70. The molecule has 0 unspecified atom stereocenters. The summed E-state index contributed by atoms with van der Waals surface area (Å²) in [6.07, 6.45) is 16.0. The van der Waals surface area contributed by atoms with E-state index in [4.69, 9.17) is 5.11 Å². The maximum atomic E-state index is 9.83. The molecule has 0 rings (SSSR count). The third kappa shape index (κ3) is 18.4. The zero-order chi connectivity index (χ0) is 17.2. The molecule has 0 fully saturated rings. The number of rotatable bonds is 18. The minimum absolute atomic E-state index is 0.193. The van der Waals surface area contributed by atoms with Gasteiger partial charge < -0.3 is 15.3 Å². The van der Waals surface area contributed by atoms with E-state index in [1.165, 1.54) is 82.4 Å². The lowest BCUT2D eigenvalue weighted by molar-refractivity contribution is 0.113. The molecule has 0 aliphatic rings. The second kappa shape index (κ2) is 18.6. The van der Waals surface area contributed by atoms with Gasteiger partial charge in [0.25, 0.3) is 0 Å². The van der Waals surface area contributed by atoms with Crippen LogP contribution >= 0.6 is 11.8 Å². The van der Waals surface area contributed by atoms with Gasteiger partial charge in [-0.3, -0.25) is 0 Å². The van der Waals surface area contributed by atoms with Gasteiger partial charge in [0.15, 0.2) is 0 Å². The highest BCUT2D eigenvalue weighted by Crippen LogP contribution is 2.14. The van der Waals surface area contributed by atoms with Gasteiger partial charge >= 0.3 is 0 Å². The molecule has 3 nitrogen and oxygen atoms in total. The first-order valence-corrected chi connectivity index (χ1v) is 10.9. The number of aliphatic hydroxyl groups excluding tert-OH is 3. The Hall–Kier alpha value is 0.230. The Balaban J connectivity index is 3.14. The summed E-state index contributed by atoms with van der Waals surface area (Å²) >= 11 is 1.52.